The molecule has 0 bridgehead atoms. The summed E-state index contributed by atoms with van der Waals surface area (Å²) in [6.45, 7) is 3.84. The summed E-state index contributed by atoms with van der Waals surface area (Å²) in [6.07, 6.45) is 0. The highest BCUT2D eigenvalue weighted by molar-refractivity contribution is 6.29. The van der Waals surface area contributed by atoms with Gasteiger partial charge in [0.25, 0.3) is 5.91 Å². The summed E-state index contributed by atoms with van der Waals surface area (Å²) < 4.78 is 0. The SMILES string of the molecule is CC(C)CN(CC(=O)O)C(=O)c1cccc(Cl)n1. The van der Waals surface area contributed by atoms with E-state index in [1.165, 1.54) is 11.0 Å². The molecule has 0 atom stereocenters. The van der Waals surface area contributed by atoms with Gasteiger partial charge >= 0.3 is 5.97 Å². The van der Waals surface area contributed by atoms with Crippen molar-refractivity contribution in [2.45, 2.75) is 13.8 Å². The van der Waals surface area contributed by atoms with Crippen LogP contribution in [0.25, 0.3) is 0 Å². The van der Waals surface area contributed by atoms with Crippen LogP contribution in [-0.2, 0) is 4.79 Å². The van der Waals surface area contributed by atoms with Crippen molar-refractivity contribution in [1.29, 1.82) is 0 Å². The quantitative estimate of drug-likeness (QED) is 0.830. The van der Waals surface area contributed by atoms with Gasteiger partial charge < -0.3 is 10.0 Å². The highest BCUT2D eigenvalue weighted by Crippen LogP contribution is 2.09. The fraction of sp³-hybridized carbons (Fsp3) is 0.417. The average Bonchev–Trinajstić information content (AvgIpc) is 2.26. The van der Waals surface area contributed by atoms with Gasteiger partial charge in [-0.25, -0.2) is 4.98 Å². The molecule has 0 saturated heterocycles. The molecule has 18 heavy (non-hydrogen) atoms. The number of carboxylic acid groups (broad SMARTS) is 1. The number of amides is 1. The predicted molar refractivity (Wildman–Crippen MR) is 67.6 cm³/mol. The summed E-state index contributed by atoms with van der Waals surface area (Å²) in [6, 6.07) is 4.68. The van der Waals surface area contributed by atoms with E-state index in [1.54, 1.807) is 12.1 Å². The Morgan fingerprint density at radius 1 is 1.44 bits per heavy atom. The van der Waals surface area contributed by atoms with Gasteiger partial charge in [-0.1, -0.05) is 31.5 Å². The second-order valence-corrected chi connectivity index (χ2v) is 4.71. The van der Waals surface area contributed by atoms with Gasteiger partial charge in [0.2, 0.25) is 0 Å². The number of hydrogen-bond acceptors (Lipinski definition) is 3. The molecule has 0 aromatic carbocycles. The Kier molecular flexibility index (Phi) is 5.09. The van der Waals surface area contributed by atoms with Gasteiger partial charge in [-0.3, -0.25) is 9.59 Å². The molecule has 1 N–H and O–H groups in total. The molecule has 0 radical (unpaired) electrons. The van der Waals surface area contributed by atoms with Crippen molar-refractivity contribution < 1.29 is 14.7 Å². The zero-order valence-electron chi connectivity index (χ0n) is 10.3. The topological polar surface area (TPSA) is 70.5 Å². The molecule has 0 fully saturated rings. The van der Waals surface area contributed by atoms with Crippen LogP contribution < -0.4 is 0 Å². The van der Waals surface area contributed by atoms with Crippen LogP contribution in [0.2, 0.25) is 5.15 Å². The van der Waals surface area contributed by atoms with Crippen LogP contribution >= 0.6 is 11.6 Å². The third-order valence-electron chi connectivity index (χ3n) is 2.13. The molecule has 0 aliphatic heterocycles. The van der Waals surface area contributed by atoms with Crippen molar-refractivity contribution >= 4 is 23.5 Å². The van der Waals surface area contributed by atoms with Crippen LogP contribution in [0.3, 0.4) is 0 Å². The number of aromatic nitrogens is 1. The van der Waals surface area contributed by atoms with Crippen molar-refractivity contribution in [2.24, 2.45) is 5.92 Å². The minimum Gasteiger partial charge on any atom is -0.480 e. The van der Waals surface area contributed by atoms with Gasteiger partial charge in [0.05, 0.1) is 0 Å². The molecule has 0 saturated carbocycles. The normalized spacial score (nSPS) is 10.4. The maximum atomic E-state index is 12.1. The summed E-state index contributed by atoms with van der Waals surface area (Å²) in [5.41, 5.74) is 0.157. The summed E-state index contributed by atoms with van der Waals surface area (Å²) >= 11 is 5.71. The lowest BCUT2D eigenvalue weighted by Crippen LogP contribution is -2.38. The number of hydrogen-bond donors (Lipinski definition) is 1. The first-order valence-electron chi connectivity index (χ1n) is 5.53. The van der Waals surface area contributed by atoms with Crippen LogP contribution in [0.15, 0.2) is 18.2 Å². The monoisotopic (exact) mass is 270 g/mol. The first-order chi connectivity index (χ1) is 8.40. The molecular weight excluding hydrogens is 256 g/mol. The van der Waals surface area contributed by atoms with Crippen LogP contribution in [0.1, 0.15) is 24.3 Å². The number of nitrogens with zero attached hydrogens (tertiary/aromatic N) is 2. The van der Waals surface area contributed by atoms with E-state index in [-0.39, 0.29) is 23.3 Å². The van der Waals surface area contributed by atoms with Crippen LogP contribution in [0, 0.1) is 5.92 Å². The molecule has 1 rings (SSSR count). The van der Waals surface area contributed by atoms with E-state index in [2.05, 4.69) is 4.98 Å². The Morgan fingerprint density at radius 3 is 2.61 bits per heavy atom. The summed E-state index contributed by atoms with van der Waals surface area (Å²) in [5.74, 6) is -1.30. The minimum atomic E-state index is -1.05. The number of pyridine rings is 1. The van der Waals surface area contributed by atoms with Crippen molar-refractivity contribution in [1.82, 2.24) is 9.88 Å². The lowest BCUT2D eigenvalue weighted by Gasteiger charge is -2.22. The molecule has 98 valence electrons. The second kappa shape index (κ2) is 6.35. The van der Waals surface area contributed by atoms with Gasteiger partial charge in [0.15, 0.2) is 0 Å². The van der Waals surface area contributed by atoms with Crippen molar-refractivity contribution in [3.05, 3.63) is 29.0 Å². The summed E-state index contributed by atoms with van der Waals surface area (Å²) in [4.78, 5) is 28.0. The fourth-order valence-corrected chi connectivity index (χ4v) is 1.68. The Bertz CT molecular complexity index is 449. The second-order valence-electron chi connectivity index (χ2n) is 4.32. The first kappa shape index (κ1) is 14.4. The van der Waals surface area contributed by atoms with Gasteiger partial charge in [-0.2, -0.15) is 0 Å². The summed E-state index contributed by atoms with van der Waals surface area (Å²) in [5, 5.41) is 9.02. The smallest absolute Gasteiger partial charge is 0.323 e. The van der Waals surface area contributed by atoms with E-state index in [0.29, 0.717) is 6.54 Å². The van der Waals surface area contributed by atoms with Crippen LogP contribution in [0.4, 0.5) is 0 Å². The Morgan fingerprint density at radius 2 is 2.11 bits per heavy atom. The van der Waals surface area contributed by atoms with Gasteiger partial charge in [0.1, 0.15) is 17.4 Å². The lowest BCUT2D eigenvalue weighted by molar-refractivity contribution is -0.137. The Balaban J connectivity index is 2.90. The molecule has 1 aromatic heterocycles. The number of rotatable bonds is 5. The number of carboxylic acids is 1. The molecule has 1 amide bonds. The summed E-state index contributed by atoms with van der Waals surface area (Å²) in [7, 11) is 0. The zero-order valence-corrected chi connectivity index (χ0v) is 11.0. The molecule has 0 aliphatic carbocycles. The van der Waals surface area contributed by atoms with Gasteiger partial charge in [-0.05, 0) is 18.1 Å². The third-order valence-corrected chi connectivity index (χ3v) is 2.34. The van der Waals surface area contributed by atoms with Crippen LogP contribution in [0.5, 0.6) is 0 Å². The number of halogens is 1. The molecule has 5 nitrogen and oxygen atoms in total. The van der Waals surface area contributed by atoms with E-state index in [4.69, 9.17) is 16.7 Å². The lowest BCUT2D eigenvalue weighted by atomic mass is 10.2. The number of carbonyl (C=O) groups excluding carboxylic acids is 1. The Hall–Kier alpha value is -1.62. The Labute approximate surface area is 110 Å². The third kappa shape index (κ3) is 4.33. The standard InChI is InChI=1S/C12H15ClN2O3/c1-8(2)6-15(7-11(16)17)12(18)9-4-3-5-10(13)14-9/h3-5,8H,6-7H2,1-2H3,(H,16,17). The van der Waals surface area contributed by atoms with E-state index in [0.717, 1.165) is 0 Å². The van der Waals surface area contributed by atoms with E-state index in [9.17, 15) is 9.59 Å². The van der Waals surface area contributed by atoms with Crippen molar-refractivity contribution in [2.75, 3.05) is 13.1 Å². The van der Waals surface area contributed by atoms with E-state index >= 15 is 0 Å². The van der Waals surface area contributed by atoms with E-state index in [1.807, 2.05) is 13.8 Å². The molecular formula is C12H15ClN2O3. The van der Waals surface area contributed by atoms with E-state index < -0.39 is 11.9 Å². The highest BCUT2D eigenvalue weighted by Gasteiger charge is 2.20. The molecule has 1 heterocycles. The molecule has 0 unspecified atom stereocenters. The molecule has 0 aliphatic rings. The van der Waals surface area contributed by atoms with Gasteiger partial charge in [0, 0.05) is 6.54 Å². The van der Waals surface area contributed by atoms with Gasteiger partial charge in [-0.15, -0.1) is 0 Å². The predicted octanol–water partition coefficient (Wildman–Crippen LogP) is 1.92. The molecule has 6 heteroatoms. The van der Waals surface area contributed by atoms with Crippen LogP contribution in [-0.4, -0.2) is 40.0 Å². The maximum absolute atomic E-state index is 12.1. The zero-order chi connectivity index (χ0) is 13.7. The largest absolute Gasteiger partial charge is 0.480 e. The minimum absolute atomic E-state index is 0.157. The fourth-order valence-electron chi connectivity index (χ4n) is 1.51. The molecule has 1 aromatic rings. The van der Waals surface area contributed by atoms with Crippen molar-refractivity contribution in [3.8, 4) is 0 Å². The highest BCUT2D eigenvalue weighted by atomic mass is 35.5. The average molecular weight is 271 g/mol. The number of aliphatic carboxylic acids is 1. The number of carbonyl (C=O) groups is 2. The first-order valence-corrected chi connectivity index (χ1v) is 5.91. The molecule has 0 spiro atoms. The maximum Gasteiger partial charge on any atom is 0.323 e. The van der Waals surface area contributed by atoms with Crippen molar-refractivity contribution in [3.63, 3.8) is 0 Å².